The Hall–Kier alpha value is -7.37. The summed E-state index contributed by atoms with van der Waals surface area (Å²) in [5.74, 6) is 0. The molecule has 2 aliphatic rings. The smallest absolute Gasteiger partial charge is 0.247 e. The van der Waals surface area contributed by atoms with Crippen molar-refractivity contribution in [3.8, 4) is 44.5 Å². The van der Waals surface area contributed by atoms with Gasteiger partial charge in [0, 0.05) is 88.9 Å². The van der Waals surface area contributed by atoms with E-state index in [4.69, 9.17) is 9.97 Å². The highest BCUT2D eigenvalue weighted by Crippen LogP contribution is 2.41. The lowest BCUT2D eigenvalue weighted by molar-refractivity contribution is 1.19. The largest absolute Gasteiger partial charge is 0.313 e. The second-order valence-corrected chi connectivity index (χ2v) is 19.5. The molecule has 0 bridgehead atoms. The fourth-order valence-corrected chi connectivity index (χ4v) is 11.7. The normalized spacial score (nSPS) is 12.5. The third-order valence-corrected chi connectivity index (χ3v) is 16.2. The van der Waals surface area contributed by atoms with Crippen molar-refractivity contribution in [2.45, 2.75) is 76.2 Å². The van der Waals surface area contributed by atoms with E-state index in [1.165, 1.54) is 111 Å². The van der Waals surface area contributed by atoms with Gasteiger partial charge in [0.05, 0.1) is 0 Å². The van der Waals surface area contributed by atoms with Crippen LogP contribution in [0, 0.1) is 76.2 Å². The Labute approximate surface area is 402 Å². The molecule has 11 rings (SSSR count). The van der Waals surface area contributed by atoms with Crippen molar-refractivity contribution in [3.05, 3.63) is 196 Å². The maximum Gasteiger partial charge on any atom is 0.247 e. The van der Waals surface area contributed by atoms with Crippen molar-refractivity contribution >= 4 is 63.3 Å². The van der Waals surface area contributed by atoms with Crippen molar-refractivity contribution in [1.29, 1.82) is 0 Å². The first-order valence-corrected chi connectivity index (χ1v) is 23.9. The molecule has 0 fully saturated rings. The van der Waals surface area contributed by atoms with Gasteiger partial charge in [-0.2, -0.15) is 0 Å². The van der Waals surface area contributed by atoms with Gasteiger partial charge in [-0.3, -0.25) is 19.9 Å². The predicted octanol–water partition coefficient (Wildman–Crippen LogP) is 10.5. The molecule has 0 saturated carbocycles. The molecule has 9 aromatic rings. The molecule has 5 aromatic carbocycles. The Balaban J connectivity index is 1.22. The standard InChI is InChI=1S/C61H55B2N5/c1-34-24-55-61-56(25-34)63(60-43(10)39(6)36(3)40(7)44(60)11)54-29-48(52-27-50(31-67-33-52)46-18-22-65-23-19-46)13-15-58(54)68(61)57-14-12-47(51-26-49(30-66-32-51)45-16-20-64-21-17-45)28-53(57)62(55)59-41(8)37(4)35(2)38(5)42(59)9/h12-33H,1-11H3. The van der Waals surface area contributed by atoms with Gasteiger partial charge in [-0.25, -0.2) is 0 Å². The van der Waals surface area contributed by atoms with Gasteiger partial charge in [0.25, 0.3) is 0 Å². The first-order valence-electron chi connectivity index (χ1n) is 23.9. The van der Waals surface area contributed by atoms with Crippen LogP contribution in [-0.2, 0) is 0 Å². The van der Waals surface area contributed by atoms with Crippen molar-refractivity contribution in [1.82, 2.24) is 19.9 Å². The fraction of sp³-hybridized carbons (Fsp3) is 0.180. The number of hydrogen-bond acceptors (Lipinski definition) is 5. The van der Waals surface area contributed by atoms with E-state index in [2.05, 4.69) is 176 Å². The molecule has 2 aliphatic heterocycles. The highest BCUT2D eigenvalue weighted by atomic mass is 15.2. The van der Waals surface area contributed by atoms with Crippen molar-refractivity contribution < 1.29 is 0 Å². The number of aryl methyl sites for hydroxylation is 1. The second kappa shape index (κ2) is 16.4. The van der Waals surface area contributed by atoms with Crippen LogP contribution in [-0.4, -0.2) is 33.4 Å². The summed E-state index contributed by atoms with van der Waals surface area (Å²) in [6.07, 6.45) is 15.3. The number of anilines is 3. The third-order valence-electron chi connectivity index (χ3n) is 16.2. The van der Waals surface area contributed by atoms with Crippen LogP contribution in [0.5, 0.6) is 0 Å². The van der Waals surface area contributed by atoms with Gasteiger partial charge >= 0.3 is 0 Å². The van der Waals surface area contributed by atoms with Crippen LogP contribution in [0.1, 0.15) is 61.2 Å². The number of pyridine rings is 4. The molecule has 68 heavy (non-hydrogen) atoms. The van der Waals surface area contributed by atoms with Gasteiger partial charge in [-0.05, 0) is 202 Å². The van der Waals surface area contributed by atoms with Gasteiger partial charge in [0.1, 0.15) is 0 Å². The Morgan fingerprint density at radius 2 is 0.647 bits per heavy atom. The minimum Gasteiger partial charge on any atom is -0.313 e. The van der Waals surface area contributed by atoms with Crippen LogP contribution in [0.2, 0.25) is 0 Å². The number of benzene rings is 5. The molecule has 0 aliphatic carbocycles. The summed E-state index contributed by atoms with van der Waals surface area (Å²) in [5.41, 5.74) is 35.6. The minimum absolute atomic E-state index is 0.0173. The Morgan fingerprint density at radius 3 is 1.01 bits per heavy atom. The molecule has 4 aromatic heterocycles. The minimum atomic E-state index is -0.0173. The summed E-state index contributed by atoms with van der Waals surface area (Å²) in [5, 5.41) is 0. The maximum atomic E-state index is 4.80. The summed E-state index contributed by atoms with van der Waals surface area (Å²) in [6, 6.07) is 32.1. The molecule has 0 spiro atoms. The molecule has 0 atom stereocenters. The van der Waals surface area contributed by atoms with Crippen LogP contribution in [0.25, 0.3) is 44.5 Å². The van der Waals surface area contributed by atoms with E-state index < -0.39 is 0 Å². The van der Waals surface area contributed by atoms with E-state index in [0.717, 1.165) is 44.5 Å². The number of nitrogens with zero attached hydrogens (tertiary/aromatic N) is 5. The first kappa shape index (κ1) is 43.2. The maximum absolute atomic E-state index is 4.80. The summed E-state index contributed by atoms with van der Waals surface area (Å²) in [4.78, 5) is 20.8. The van der Waals surface area contributed by atoms with E-state index in [1.807, 2.05) is 49.6 Å². The lowest BCUT2D eigenvalue weighted by Gasteiger charge is -2.45. The summed E-state index contributed by atoms with van der Waals surface area (Å²) in [7, 11) is 0. The van der Waals surface area contributed by atoms with E-state index in [1.54, 1.807) is 0 Å². The first-order chi connectivity index (χ1) is 32.8. The van der Waals surface area contributed by atoms with Gasteiger partial charge in [-0.1, -0.05) is 75.1 Å². The highest BCUT2D eigenvalue weighted by Gasteiger charge is 2.45. The van der Waals surface area contributed by atoms with Crippen molar-refractivity contribution in [3.63, 3.8) is 0 Å². The molecule has 0 saturated heterocycles. The topological polar surface area (TPSA) is 54.8 Å². The Morgan fingerprint density at radius 1 is 0.309 bits per heavy atom. The van der Waals surface area contributed by atoms with Crippen molar-refractivity contribution in [2.24, 2.45) is 0 Å². The molecule has 0 radical (unpaired) electrons. The molecule has 6 heterocycles. The SMILES string of the molecule is Cc1cc2c3c(c1)B(c1c(C)c(C)c(C)c(C)c1C)c1cc(-c4cncc(-c5ccncc5)c4)ccc1N3c1ccc(-c3cncc(-c4ccncc4)c3)cc1B2c1c(C)c(C)c(C)c(C)c1C. The lowest BCUT2D eigenvalue weighted by atomic mass is 9.29. The van der Waals surface area contributed by atoms with Crippen LogP contribution < -0.4 is 37.7 Å². The number of aromatic nitrogens is 4. The van der Waals surface area contributed by atoms with Gasteiger partial charge in [0.2, 0.25) is 13.4 Å². The van der Waals surface area contributed by atoms with Crippen LogP contribution in [0.4, 0.5) is 17.1 Å². The average molecular weight is 880 g/mol. The monoisotopic (exact) mass is 879 g/mol. The molecule has 5 nitrogen and oxygen atoms in total. The third kappa shape index (κ3) is 6.69. The predicted molar refractivity (Wildman–Crippen MR) is 288 cm³/mol. The van der Waals surface area contributed by atoms with Crippen molar-refractivity contribution in [2.75, 3.05) is 4.90 Å². The summed E-state index contributed by atoms with van der Waals surface area (Å²) in [6.45, 7) is 25.5. The zero-order valence-corrected chi connectivity index (χ0v) is 41.1. The summed E-state index contributed by atoms with van der Waals surface area (Å²) < 4.78 is 0. The number of hydrogen-bond donors (Lipinski definition) is 0. The molecule has 7 heteroatoms. The molecular weight excluding hydrogens is 824 g/mol. The number of fused-ring (bicyclic) bond motifs is 4. The molecule has 0 amide bonds. The van der Waals surface area contributed by atoms with E-state index in [9.17, 15) is 0 Å². The zero-order chi connectivity index (χ0) is 47.3. The fourth-order valence-electron chi connectivity index (χ4n) is 11.7. The number of rotatable bonds is 6. The van der Waals surface area contributed by atoms with Gasteiger partial charge in [0.15, 0.2) is 0 Å². The van der Waals surface area contributed by atoms with Gasteiger partial charge in [-0.15, -0.1) is 0 Å². The second-order valence-electron chi connectivity index (χ2n) is 19.5. The van der Waals surface area contributed by atoms with Crippen LogP contribution >= 0.6 is 0 Å². The summed E-state index contributed by atoms with van der Waals surface area (Å²) >= 11 is 0. The zero-order valence-electron chi connectivity index (χ0n) is 41.1. The Kier molecular flexibility index (Phi) is 10.5. The van der Waals surface area contributed by atoms with Crippen LogP contribution in [0.15, 0.2) is 135 Å². The van der Waals surface area contributed by atoms with Crippen LogP contribution in [0.3, 0.4) is 0 Å². The molecule has 0 unspecified atom stereocenters. The highest BCUT2D eigenvalue weighted by molar-refractivity contribution is 7.02. The quantitative estimate of drug-likeness (QED) is 0.156. The molecular formula is C61H55B2N5. The Bertz CT molecular complexity index is 3260. The lowest BCUT2D eigenvalue weighted by Crippen LogP contribution is -2.66. The van der Waals surface area contributed by atoms with E-state index in [-0.39, 0.29) is 13.4 Å². The van der Waals surface area contributed by atoms with Gasteiger partial charge < -0.3 is 4.90 Å². The molecule has 330 valence electrons. The van der Waals surface area contributed by atoms with E-state index >= 15 is 0 Å². The molecule has 0 N–H and O–H groups in total. The van der Waals surface area contributed by atoms with E-state index in [0.29, 0.717) is 0 Å². The average Bonchev–Trinajstić information content (AvgIpc) is 3.37.